The van der Waals surface area contributed by atoms with Gasteiger partial charge >= 0.3 is 0 Å². The lowest BCUT2D eigenvalue weighted by molar-refractivity contribution is 0.128. The van der Waals surface area contributed by atoms with Crippen LogP contribution in [0.3, 0.4) is 0 Å². The molecule has 0 aliphatic heterocycles. The van der Waals surface area contributed by atoms with Crippen LogP contribution in [0.4, 0.5) is 0 Å². The van der Waals surface area contributed by atoms with Crippen LogP contribution in [-0.2, 0) is 6.54 Å². The molecule has 1 aliphatic carbocycles. The summed E-state index contributed by atoms with van der Waals surface area (Å²) in [6.07, 6.45) is 9.15. The Morgan fingerprint density at radius 2 is 2.25 bits per heavy atom. The molecule has 0 spiro atoms. The average Bonchev–Trinajstić information content (AvgIpc) is 2.90. The second kappa shape index (κ2) is 5.94. The standard InChI is InChI=1S/C16H24N4/c1-20(15-7-3-2-5-12(15)9-17)11-13-10-19-16-14(13)6-4-8-18-16/h4,6,8,10,12,15H,2-3,5,7,9,11,17H2,1H3,(H,18,19). The molecule has 1 aliphatic rings. The zero-order valence-electron chi connectivity index (χ0n) is 12.2. The van der Waals surface area contributed by atoms with E-state index in [-0.39, 0.29) is 0 Å². The van der Waals surface area contributed by atoms with Gasteiger partial charge in [0.1, 0.15) is 5.65 Å². The topological polar surface area (TPSA) is 57.9 Å². The fourth-order valence-electron chi connectivity index (χ4n) is 3.57. The fourth-order valence-corrected chi connectivity index (χ4v) is 3.57. The zero-order chi connectivity index (χ0) is 13.9. The summed E-state index contributed by atoms with van der Waals surface area (Å²) in [5, 5.41) is 1.24. The Kier molecular flexibility index (Phi) is 4.03. The molecule has 108 valence electrons. The molecular weight excluding hydrogens is 248 g/mol. The Morgan fingerprint density at radius 1 is 1.40 bits per heavy atom. The number of aromatic amines is 1. The number of pyridine rings is 1. The van der Waals surface area contributed by atoms with Gasteiger partial charge in [0.15, 0.2) is 0 Å². The molecule has 2 aromatic rings. The molecular formula is C16H24N4. The van der Waals surface area contributed by atoms with E-state index >= 15 is 0 Å². The van der Waals surface area contributed by atoms with Crippen molar-refractivity contribution in [3.8, 4) is 0 Å². The number of fused-ring (bicyclic) bond motifs is 1. The highest BCUT2D eigenvalue weighted by Gasteiger charge is 2.27. The largest absolute Gasteiger partial charge is 0.346 e. The van der Waals surface area contributed by atoms with Crippen LogP contribution < -0.4 is 5.73 Å². The molecule has 3 rings (SSSR count). The van der Waals surface area contributed by atoms with Gasteiger partial charge in [-0.15, -0.1) is 0 Å². The Morgan fingerprint density at radius 3 is 3.10 bits per heavy atom. The number of nitrogens with one attached hydrogen (secondary N) is 1. The van der Waals surface area contributed by atoms with Crippen LogP contribution in [0.2, 0.25) is 0 Å². The van der Waals surface area contributed by atoms with E-state index in [1.165, 1.54) is 36.6 Å². The first-order valence-corrected chi connectivity index (χ1v) is 7.61. The number of nitrogens with zero attached hydrogens (tertiary/aromatic N) is 2. The van der Waals surface area contributed by atoms with Gasteiger partial charge in [0.2, 0.25) is 0 Å². The molecule has 2 atom stereocenters. The molecule has 1 saturated carbocycles. The summed E-state index contributed by atoms with van der Waals surface area (Å²) in [5.41, 5.74) is 8.26. The molecule has 4 heteroatoms. The minimum absolute atomic E-state index is 0.621. The Bertz CT molecular complexity index is 562. The maximum atomic E-state index is 5.95. The van der Waals surface area contributed by atoms with Crippen LogP contribution in [0, 0.1) is 5.92 Å². The van der Waals surface area contributed by atoms with Crippen LogP contribution in [0.25, 0.3) is 11.0 Å². The molecule has 4 nitrogen and oxygen atoms in total. The van der Waals surface area contributed by atoms with Crippen LogP contribution in [0.15, 0.2) is 24.5 Å². The van der Waals surface area contributed by atoms with Crippen molar-refractivity contribution in [2.45, 2.75) is 38.3 Å². The number of hydrogen-bond donors (Lipinski definition) is 2. The van der Waals surface area contributed by atoms with Gasteiger partial charge in [0.05, 0.1) is 0 Å². The third-order valence-corrected chi connectivity index (χ3v) is 4.69. The summed E-state index contributed by atoms with van der Waals surface area (Å²) in [7, 11) is 2.23. The van der Waals surface area contributed by atoms with Crippen molar-refractivity contribution < 1.29 is 0 Å². The van der Waals surface area contributed by atoms with Gasteiger partial charge in [-0.3, -0.25) is 4.90 Å². The molecule has 0 saturated heterocycles. The zero-order valence-corrected chi connectivity index (χ0v) is 12.2. The van der Waals surface area contributed by atoms with Crippen LogP contribution in [0.1, 0.15) is 31.2 Å². The van der Waals surface area contributed by atoms with Crippen molar-refractivity contribution >= 4 is 11.0 Å². The van der Waals surface area contributed by atoms with Gasteiger partial charge in [-0.2, -0.15) is 0 Å². The third kappa shape index (κ3) is 2.58. The molecule has 0 aromatic carbocycles. The highest BCUT2D eigenvalue weighted by molar-refractivity contribution is 5.79. The second-order valence-corrected chi connectivity index (χ2v) is 5.98. The van der Waals surface area contributed by atoms with Gasteiger partial charge < -0.3 is 10.7 Å². The average molecular weight is 272 g/mol. The summed E-state index contributed by atoms with van der Waals surface area (Å²) in [6.45, 7) is 1.78. The first kappa shape index (κ1) is 13.6. The second-order valence-electron chi connectivity index (χ2n) is 5.98. The Balaban J connectivity index is 1.76. The monoisotopic (exact) mass is 272 g/mol. The van der Waals surface area contributed by atoms with E-state index in [2.05, 4.69) is 34.2 Å². The third-order valence-electron chi connectivity index (χ3n) is 4.69. The molecule has 0 bridgehead atoms. The number of nitrogens with two attached hydrogens (primary N) is 1. The van der Waals surface area contributed by atoms with Crippen LogP contribution >= 0.6 is 0 Å². The van der Waals surface area contributed by atoms with Gasteiger partial charge in [0, 0.05) is 30.4 Å². The van der Waals surface area contributed by atoms with E-state index in [1.807, 2.05) is 12.3 Å². The van der Waals surface area contributed by atoms with E-state index in [9.17, 15) is 0 Å². The van der Waals surface area contributed by atoms with Gasteiger partial charge in [-0.05, 0) is 50.0 Å². The Hall–Kier alpha value is -1.39. The summed E-state index contributed by atoms with van der Waals surface area (Å²) in [6, 6.07) is 4.77. The molecule has 2 unspecified atom stereocenters. The SMILES string of the molecule is CN(Cc1c[nH]c2ncccc12)C1CCCCC1CN. The van der Waals surface area contributed by atoms with Crippen molar-refractivity contribution in [3.63, 3.8) is 0 Å². The first-order chi connectivity index (χ1) is 9.79. The lowest BCUT2D eigenvalue weighted by Gasteiger charge is -2.37. The number of rotatable bonds is 4. The van der Waals surface area contributed by atoms with Crippen molar-refractivity contribution in [1.82, 2.24) is 14.9 Å². The number of aromatic nitrogens is 2. The molecule has 0 amide bonds. The quantitative estimate of drug-likeness (QED) is 0.899. The van der Waals surface area contributed by atoms with E-state index in [4.69, 9.17) is 5.73 Å². The highest BCUT2D eigenvalue weighted by Crippen LogP contribution is 2.28. The highest BCUT2D eigenvalue weighted by atomic mass is 15.1. The summed E-state index contributed by atoms with van der Waals surface area (Å²) >= 11 is 0. The summed E-state index contributed by atoms with van der Waals surface area (Å²) in [4.78, 5) is 10.1. The predicted octanol–water partition coefficient (Wildman–Crippen LogP) is 2.51. The lowest BCUT2D eigenvalue weighted by Crippen LogP contribution is -2.42. The van der Waals surface area contributed by atoms with Crippen molar-refractivity contribution in [2.75, 3.05) is 13.6 Å². The van der Waals surface area contributed by atoms with E-state index in [0.29, 0.717) is 12.0 Å². The van der Waals surface area contributed by atoms with Crippen molar-refractivity contribution in [3.05, 3.63) is 30.1 Å². The molecule has 2 heterocycles. The van der Waals surface area contributed by atoms with Crippen LogP contribution in [-0.4, -0.2) is 34.5 Å². The Labute approximate surface area is 120 Å². The normalized spacial score (nSPS) is 23.6. The first-order valence-electron chi connectivity index (χ1n) is 7.61. The number of hydrogen-bond acceptors (Lipinski definition) is 3. The number of H-pyrrole nitrogens is 1. The summed E-state index contributed by atoms with van der Waals surface area (Å²) in [5.74, 6) is 0.650. The van der Waals surface area contributed by atoms with Crippen molar-refractivity contribution in [2.24, 2.45) is 11.7 Å². The molecule has 3 N–H and O–H groups in total. The van der Waals surface area contributed by atoms with Crippen molar-refractivity contribution in [1.29, 1.82) is 0 Å². The lowest BCUT2D eigenvalue weighted by atomic mass is 9.83. The van der Waals surface area contributed by atoms with Gasteiger partial charge in [-0.1, -0.05) is 12.8 Å². The fraction of sp³-hybridized carbons (Fsp3) is 0.562. The van der Waals surface area contributed by atoms with E-state index < -0.39 is 0 Å². The van der Waals surface area contributed by atoms with E-state index in [1.54, 1.807) is 0 Å². The van der Waals surface area contributed by atoms with Gasteiger partial charge in [-0.25, -0.2) is 4.98 Å². The van der Waals surface area contributed by atoms with E-state index in [0.717, 1.165) is 18.7 Å². The maximum Gasteiger partial charge on any atom is 0.137 e. The minimum atomic E-state index is 0.621. The summed E-state index contributed by atoms with van der Waals surface area (Å²) < 4.78 is 0. The maximum absolute atomic E-state index is 5.95. The molecule has 20 heavy (non-hydrogen) atoms. The molecule has 1 fully saturated rings. The molecule has 0 radical (unpaired) electrons. The molecule has 2 aromatic heterocycles. The minimum Gasteiger partial charge on any atom is -0.346 e. The smallest absolute Gasteiger partial charge is 0.137 e. The van der Waals surface area contributed by atoms with Crippen LogP contribution in [0.5, 0.6) is 0 Å². The van der Waals surface area contributed by atoms with Gasteiger partial charge in [0.25, 0.3) is 0 Å². The predicted molar refractivity (Wildman–Crippen MR) is 82.4 cm³/mol.